The summed E-state index contributed by atoms with van der Waals surface area (Å²) in [6.07, 6.45) is 4.37. The van der Waals surface area contributed by atoms with Gasteiger partial charge in [0.05, 0.1) is 6.10 Å². The van der Waals surface area contributed by atoms with Crippen molar-refractivity contribution in [2.75, 3.05) is 0 Å². The van der Waals surface area contributed by atoms with Crippen molar-refractivity contribution >= 4 is 0 Å². The fourth-order valence-electron chi connectivity index (χ4n) is 4.20. The first-order chi connectivity index (χ1) is 10.1. The standard InChI is InChI=1S/C9H19NO2.C9H19NO/c1-8(2)5-7(11)6-9(3,4)10(8)12;1-8(2)6-5-7-9(3,4)10(8)11/h7,11-12H,5-6H2,1-4H3;11H,5-7H2,1-4H3. The van der Waals surface area contributed by atoms with Gasteiger partial charge in [-0.05, 0) is 87.5 Å². The van der Waals surface area contributed by atoms with E-state index in [0.717, 1.165) is 12.8 Å². The van der Waals surface area contributed by atoms with E-state index in [4.69, 9.17) is 0 Å². The van der Waals surface area contributed by atoms with Gasteiger partial charge in [-0.15, -0.1) is 0 Å². The van der Waals surface area contributed by atoms with E-state index in [0.29, 0.717) is 12.8 Å². The van der Waals surface area contributed by atoms with Crippen molar-refractivity contribution in [3.63, 3.8) is 0 Å². The third-order valence-electron chi connectivity index (χ3n) is 5.34. The highest BCUT2D eigenvalue weighted by Gasteiger charge is 2.44. The van der Waals surface area contributed by atoms with Crippen LogP contribution in [0.1, 0.15) is 87.5 Å². The SMILES string of the molecule is CC1(C)CC(O)CC(C)(C)N1O.CC1(C)CCCC(C)(C)N1O. The lowest BCUT2D eigenvalue weighted by Crippen LogP contribution is -2.60. The Kier molecular flexibility index (Phi) is 5.98. The van der Waals surface area contributed by atoms with Crippen molar-refractivity contribution in [3.8, 4) is 0 Å². The summed E-state index contributed by atoms with van der Waals surface area (Å²) >= 11 is 0. The summed E-state index contributed by atoms with van der Waals surface area (Å²) < 4.78 is 0. The molecule has 23 heavy (non-hydrogen) atoms. The first-order valence-electron chi connectivity index (χ1n) is 8.78. The molecule has 138 valence electrons. The Hall–Kier alpha value is -0.200. The highest BCUT2D eigenvalue weighted by atomic mass is 16.5. The van der Waals surface area contributed by atoms with Crippen LogP contribution in [0.25, 0.3) is 0 Å². The molecule has 0 atom stereocenters. The molecule has 0 aliphatic carbocycles. The van der Waals surface area contributed by atoms with Gasteiger partial charge in [-0.1, -0.05) is 0 Å². The monoisotopic (exact) mass is 330 g/mol. The van der Waals surface area contributed by atoms with Crippen LogP contribution in [0.15, 0.2) is 0 Å². The second-order valence-electron chi connectivity index (χ2n) is 9.79. The Morgan fingerprint density at radius 3 is 1.26 bits per heavy atom. The number of piperidine rings is 2. The zero-order chi connectivity index (χ0) is 18.3. The summed E-state index contributed by atoms with van der Waals surface area (Å²) in [5, 5.41) is 32.0. The van der Waals surface area contributed by atoms with Crippen LogP contribution in [-0.2, 0) is 0 Å². The van der Waals surface area contributed by atoms with Crippen molar-refractivity contribution in [1.29, 1.82) is 0 Å². The molecule has 0 saturated carbocycles. The van der Waals surface area contributed by atoms with Gasteiger partial charge in [-0.3, -0.25) is 0 Å². The molecule has 0 amide bonds. The fourth-order valence-corrected chi connectivity index (χ4v) is 4.20. The van der Waals surface area contributed by atoms with E-state index in [2.05, 4.69) is 27.7 Å². The number of nitrogens with zero attached hydrogens (tertiary/aromatic N) is 2. The van der Waals surface area contributed by atoms with E-state index < -0.39 is 0 Å². The quantitative estimate of drug-likeness (QED) is 0.630. The smallest absolute Gasteiger partial charge is 0.0576 e. The van der Waals surface area contributed by atoms with Gasteiger partial charge in [0.25, 0.3) is 0 Å². The molecular weight excluding hydrogens is 292 g/mol. The molecule has 3 N–H and O–H groups in total. The molecule has 0 spiro atoms. The lowest BCUT2D eigenvalue weighted by molar-refractivity contribution is -0.257. The number of hydroxylamine groups is 4. The Labute approximate surface area is 142 Å². The molecule has 0 aromatic rings. The minimum Gasteiger partial charge on any atom is -0.393 e. The zero-order valence-corrected chi connectivity index (χ0v) is 16.3. The minimum absolute atomic E-state index is 0.0399. The molecule has 2 rings (SSSR count). The molecule has 2 aliphatic rings. The van der Waals surface area contributed by atoms with Gasteiger partial charge in [0.15, 0.2) is 0 Å². The van der Waals surface area contributed by atoms with Gasteiger partial charge in [0, 0.05) is 22.2 Å². The van der Waals surface area contributed by atoms with E-state index in [1.165, 1.54) is 16.5 Å². The zero-order valence-electron chi connectivity index (χ0n) is 16.3. The van der Waals surface area contributed by atoms with Crippen molar-refractivity contribution in [2.45, 2.75) is 116 Å². The number of aliphatic hydroxyl groups is 1. The molecule has 2 fully saturated rings. The van der Waals surface area contributed by atoms with Crippen LogP contribution in [0.5, 0.6) is 0 Å². The summed E-state index contributed by atoms with van der Waals surface area (Å²) in [4.78, 5) is 0. The van der Waals surface area contributed by atoms with Crippen LogP contribution in [0.2, 0.25) is 0 Å². The second-order valence-corrected chi connectivity index (χ2v) is 9.79. The highest BCUT2D eigenvalue weighted by molar-refractivity contribution is 4.96. The molecule has 0 aromatic carbocycles. The molecule has 5 nitrogen and oxygen atoms in total. The average molecular weight is 331 g/mol. The Morgan fingerprint density at radius 2 is 0.957 bits per heavy atom. The molecule has 0 aromatic heterocycles. The van der Waals surface area contributed by atoms with Gasteiger partial charge >= 0.3 is 0 Å². The normalized spacial score (nSPS) is 30.4. The molecular formula is C18H38N2O3. The highest BCUT2D eigenvalue weighted by Crippen LogP contribution is 2.37. The van der Waals surface area contributed by atoms with Crippen LogP contribution in [0.4, 0.5) is 0 Å². The molecule has 2 aliphatic heterocycles. The lowest BCUT2D eigenvalue weighted by Gasteiger charge is -2.50. The summed E-state index contributed by atoms with van der Waals surface area (Å²) in [5.74, 6) is 0. The molecule has 5 heteroatoms. The predicted octanol–water partition coefficient (Wildman–Crippen LogP) is 3.81. The van der Waals surface area contributed by atoms with Gasteiger partial charge in [0.2, 0.25) is 0 Å². The first-order valence-corrected chi connectivity index (χ1v) is 8.78. The van der Waals surface area contributed by atoms with Gasteiger partial charge in [-0.2, -0.15) is 10.1 Å². The lowest BCUT2D eigenvalue weighted by atomic mass is 9.80. The Balaban J connectivity index is 0.000000231. The van der Waals surface area contributed by atoms with Gasteiger partial charge in [-0.25, -0.2) is 0 Å². The summed E-state index contributed by atoms with van der Waals surface area (Å²) in [6, 6.07) is 0. The number of rotatable bonds is 0. The summed E-state index contributed by atoms with van der Waals surface area (Å²) in [5.41, 5.74) is -0.716. The number of aliphatic hydroxyl groups excluding tert-OH is 1. The fraction of sp³-hybridized carbons (Fsp3) is 1.00. The molecule has 0 bridgehead atoms. The van der Waals surface area contributed by atoms with Crippen molar-refractivity contribution in [3.05, 3.63) is 0 Å². The maximum absolute atomic E-state index is 9.80. The summed E-state index contributed by atoms with van der Waals surface area (Å²) in [7, 11) is 0. The van der Waals surface area contributed by atoms with Gasteiger partial charge in [0.1, 0.15) is 0 Å². The molecule has 2 heterocycles. The third-order valence-corrected chi connectivity index (χ3v) is 5.34. The topological polar surface area (TPSA) is 67.2 Å². The third kappa shape index (κ3) is 4.89. The second kappa shape index (κ2) is 6.60. The number of hydrogen-bond donors (Lipinski definition) is 3. The summed E-state index contributed by atoms with van der Waals surface area (Å²) in [6.45, 7) is 16.1. The molecule has 0 radical (unpaired) electrons. The molecule has 0 unspecified atom stereocenters. The van der Waals surface area contributed by atoms with Crippen LogP contribution in [-0.4, -0.2) is 53.9 Å². The van der Waals surface area contributed by atoms with Crippen LogP contribution in [0, 0.1) is 0 Å². The largest absolute Gasteiger partial charge is 0.393 e. The predicted molar refractivity (Wildman–Crippen MR) is 92.7 cm³/mol. The van der Waals surface area contributed by atoms with Crippen LogP contribution < -0.4 is 0 Å². The van der Waals surface area contributed by atoms with Crippen molar-refractivity contribution in [1.82, 2.24) is 10.1 Å². The van der Waals surface area contributed by atoms with E-state index in [-0.39, 0.29) is 28.3 Å². The van der Waals surface area contributed by atoms with Crippen molar-refractivity contribution in [2.24, 2.45) is 0 Å². The maximum atomic E-state index is 9.80. The maximum Gasteiger partial charge on any atom is 0.0576 e. The Bertz CT molecular complexity index is 371. The molecule has 2 saturated heterocycles. The van der Waals surface area contributed by atoms with Crippen LogP contribution in [0.3, 0.4) is 0 Å². The Morgan fingerprint density at radius 1 is 0.652 bits per heavy atom. The van der Waals surface area contributed by atoms with Crippen molar-refractivity contribution < 1.29 is 15.5 Å². The van der Waals surface area contributed by atoms with E-state index in [9.17, 15) is 15.5 Å². The van der Waals surface area contributed by atoms with Gasteiger partial charge < -0.3 is 15.5 Å². The van der Waals surface area contributed by atoms with E-state index in [1.54, 1.807) is 0 Å². The van der Waals surface area contributed by atoms with Crippen LogP contribution >= 0.6 is 0 Å². The first kappa shape index (κ1) is 20.8. The number of hydrogen-bond acceptors (Lipinski definition) is 5. The van der Waals surface area contributed by atoms with E-state index in [1.807, 2.05) is 27.7 Å². The van der Waals surface area contributed by atoms with E-state index >= 15 is 0 Å². The average Bonchev–Trinajstić information content (AvgIpc) is 2.32. The minimum atomic E-state index is -0.318.